The van der Waals surface area contributed by atoms with Gasteiger partial charge in [0.25, 0.3) is 0 Å². The lowest BCUT2D eigenvalue weighted by molar-refractivity contribution is 0.109. The van der Waals surface area contributed by atoms with Crippen LogP contribution < -0.4 is 0 Å². The zero-order valence-corrected chi connectivity index (χ0v) is 11.7. The van der Waals surface area contributed by atoms with E-state index in [9.17, 15) is 4.39 Å². The van der Waals surface area contributed by atoms with Crippen molar-refractivity contribution >= 4 is 0 Å². The van der Waals surface area contributed by atoms with Crippen molar-refractivity contribution in [2.45, 2.75) is 39.7 Å². The van der Waals surface area contributed by atoms with Gasteiger partial charge in [-0.25, -0.2) is 4.39 Å². The van der Waals surface area contributed by atoms with Crippen molar-refractivity contribution in [2.75, 3.05) is 13.1 Å². The molecular weight excluding hydrogens is 239 g/mol. The summed E-state index contributed by atoms with van der Waals surface area (Å²) in [5, 5.41) is 8.85. The number of likely N-dealkylation sites (tertiary alicyclic amines) is 1. The number of hydrogen-bond donors (Lipinski definition) is 0. The minimum absolute atomic E-state index is 0.146. The highest BCUT2D eigenvalue weighted by Crippen LogP contribution is 2.34. The number of nitriles is 1. The molecule has 102 valence electrons. The Balaban J connectivity index is 2.02. The fraction of sp³-hybridized carbons (Fsp3) is 0.562. The van der Waals surface area contributed by atoms with E-state index in [-0.39, 0.29) is 11.4 Å². The van der Waals surface area contributed by atoms with Crippen molar-refractivity contribution in [1.82, 2.24) is 4.90 Å². The smallest absolute Gasteiger partial charge is 0.145 e. The first-order chi connectivity index (χ1) is 9.08. The maximum absolute atomic E-state index is 14.0. The quantitative estimate of drug-likeness (QED) is 0.828. The van der Waals surface area contributed by atoms with Crippen LogP contribution in [0.5, 0.6) is 0 Å². The summed E-state index contributed by atoms with van der Waals surface area (Å²) in [7, 11) is 0. The Hall–Kier alpha value is -1.40. The summed E-state index contributed by atoms with van der Waals surface area (Å²) in [5.41, 5.74) is 1.23. The van der Waals surface area contributed by atoms with Crippen molar-refractivity contribution < 1.29 is 4.39 Å². The molecule has 0 spiro atoms. The van der Waals surface area contributed by atoms with Crippen molar-refractivity contribution in [3.05, 3.63) is 35.1 Å². The van der Waals surface area contributed by atoms with E-state index >= 15 is 0 Å². The van der Waals surface area contributed by atoms with E-state index in [0.717, 1.165) is 13.1 Å². The number of rotatable bonds is 3. The fourth-order valence-electron chi connectivity index (χ4n) is 2.63. The molecule has 2 rings (SSSR count). The lowest BCUT2D eigenvalue weighted by Gasteiger charge is -2.39. The second kappa shape index (κ2) is 5.71. The summed E-state index contributed by atoms with van der Waals surface area (Å²) in [6.07, 6.45) is 3.55. The Labute approximate surface area is 114 Å². The molecule has 1 fully saturated rings. The maximum atomic E-state index is 14.0. The molecule has 0 aliphatic carbocycles. The molecule has 1 aromatic rings. The minimum atomic E-state index is -0.353. The van der Waals surface area contributed by atoms with Gasteiger partial charge >= 0.3 is 0 Å². The van der Waals surface area contributed by atoms with Crippen LogP contribution in [0, 0.1) is 22.6 Å². The number of nitrogens with zero attached hydrogens (tertiary/aromatic N) is 2. The van der Waals surface area contributed by atoms with Crippen LogP contribution in [-0.2, 0) is 6.54 Å². The molecule has 1 saturated heterocycles. The Bertz CT molecular complexity index is 482. The van der Waals surface area contributed by atoms with E-state index in [0.29, 0.717) is 17.5 Å². The van der Waals surface area contributed by atoms with Gasteiger partial charge in [-0.2, -0.15) is 5.26 Å². The van der Waals surface area contributed by atoms with Gasteiger partial charge in [-0.15, -0.1) is 0 Å². The summed E-state index contributed by atoms with van der Waals surface area (Å²) in [6, 6.07) is 6.98. The molecular formula is C16H21FN2. The highest BCUT2D eigenvalue weighted by Gasteiger charge is 2.28. The normalized spacial score (nSPS) is 19.1. The van der Waals surface area contributed by atoms with Crippen molar-refractivity contribution in [3.63, 3.8) is 0 Å². The molecule has 0 N–H and O–H groups in total. The number of hydrogen-bond acceptors (Lipinski definition) is 2. The molecule has 1 heterocycles. The van der Waals surface area contributed by atoms with Gasteiger partial charge in [0, 0.05) is 12.1 Å². The Morgan fingerprint density at radius 2 is 2.05 bits per heavy atom. The molecule has 0 amide bonds. The third-order valence-corrected chi connectivity index (χ3v) is 4.51. The highest BCUT2D eigenvalue weighted by atomic mass is 19.1. The largest absolute Gasteiger partial charge is 0.299 e. The summed E-state index contributed by atoms with van der Waals surface area (Å²) in [6.45, 7) is 7.22. The number of benzene rings is 1. The zero-order chi connectivity index (χ0) is 13.9. The van der Waals surface area contributed by atoms with Crippen molar-refractivity contribution in [1.29, 1.82) is 5.26 Å². The minimum Gasteiger partial charge on any atom is -0.299 e. The van der Waals surface area contributed by atoms with Gasteiger partial charge in [0.05, 0.1) is 5.56 Å². The first-order valence-electron chi connectivity index (χ1n) is 6.98. The predicted molar refractivity (Wildman–Crippen MR) is 74.0 cm³/mol. The van der Waals surface area contributed by atoms with E-state index in [1.54, 1.807) is 12.1 Å². The van der Waals surface area contributed by atoms with E-state index in [4.69, 9.17) is 5.26 Å². The standard InChI is InChI=1S/C16H21FN2/c1-3-16(2)7-9-19(10-8-16)12-14-6-4-5-13(11-18)15(14)17/h4-6H,3,7-10,12H2,1-2H3. The molecule has 1 aliphatic rings. The van der Waals surface area contributed by atoms with Crippen LogP contribution in [0.1, 0.15) is 44.2 Å². The zero-order valence-electron chi connectivity index (χ0n) is 11.7. The molecule has 1 aliphatic heterocycles. The molecule has 0 aromatic heterocycles. The molecule has 2 nitrogen and oxygen atoms in total. The molecule has 0 radical (unpaired) electrons. The van der Waals surface area contributed by atoms with Gasteiger partial charge < -0.3 is 0 Å². The van der Waals surface area contributed by atoms with Gasteiger partial charge in [0.1, 0.15) is 11.9 Å². The topological polar surface area (TPSA) is 27.0 Å². The first kappa shape index (κ1) is 14.0. The SMILES string of the molecule is CCC1(C)CCN(Cc2cccc(C#N)c2F)CC1. The third kappa shape index (κ3) is 3.13. The van der Waals surface area contributed by atoms with Gasteiger partial charge in [-0.3, -0.25) is 4.90 Å². The Kier molecular flexibility index (Phi) is 4.21. The molecule has 3 heteroatoms. The summed E-state index contributed by atoms with van der Waals surface area (Å²) in [5.74, 6) is -0.353. The van der Waals surface area contributed by atoms with Crippen LogP contribution in [0.15, 0.2) is 18.2 Å². The number of piperidine rings is 1. The summed E-state index contributed by atoms with van der Waals surface area (Å²) < 4.78 is 14.0. The van der Waals surface area contributed by atoms with Crippen molar-refractivity contribution in [3.8, 4) is 6.07 Å². The Morgan fingerprint density at radius 3 is 2.63 bits per heavy atom. The van der Waals surface area contributed by atoms with Crippen LogP contribution in [0.4, 0.5) is 4.39 Å². The lowest BCUT2D eigenvalue weighted by Crippen LogP contribution is -2.38. The Morgan fingerprint density at radius 1 is 1.37 bits per heavy atom. The summed E-state index contributed by atoms with van der Waals surface area (Å²) in [4.78, 5) is 2.29. The monoisotopic (exact) mass is 260 g/mol. The highest BCUT2D eigenvalue weighted by molar-refractivity contribution is 5.34. The third-order valence-electron chi connectivity index (χ3n) is 4.51. The van der Waals surface area contributed by atoms with Crippen LogP contribution in [-0.4, -0.2) is 18.0 Å². The average molecular weight is 260 g/mol. The molecule has 0 saturated carbocycles. The number of halogens is 1. The van der Waals surface area contributed by atoms with Gasteiger partial charge in [-0.05, 0) is 37.4 Å². The fourth-order valence-corrected chi connectivity index (χ4v) is 2.63. The van der Waals surface area contributed by atoms with Crippen LogP contribution in [0.3, 0.4) is 0 Å². The molecule has 1 aromatic carbocycles. The lowest BCUT2D eigenvalue weighted by atomic mass is 9.78. The average Bonchev–Trinajstić information content (AvgIpc) is 2.44. The van der Waals surface area contributed by atoms with Crippen molar-refractivity contribution in [2.24, 2.45) is 5.41 Å². The second-order valence-electron chi connectivity index (χ2n) is 5.83. The van der Waals surface area contributed by atoms with Crippen LogP contribution in [0.25, 0.3) is 0 Å². The van der Waals surface area contributed by atoms with E-state index < -0.39 is 0 Å². The summed E-state index contributed by atoms with van der Waals surface area (Å²) >= 11 is 0. The van der Waals surface area contributed by atoms with Gasteiger partial charge in [-0.1, -0.05) is 32.4 Å². The molecule has 19 heavy (non-hydrogen) atoms. The van der Waals surface area contributed by atoms with Gasteiger partial charge in [0.2, 0.25) is 0 Å². The first-order valence-corrected chi connectivity index (χ1v) is 6.98. The molecule has 0 unspecified atom stereocenters. The van der Waals surface area contributed by atoms with E-state index in [1.807, 2.05) is 6.07 Å². The molecule has 0 atom stereocenters. The predicted octanol–water partition coefficient (Wildman–Crippen LogP) is 3.71. The maximum Gasteiger partial charge on any atom is 0.145 e. The van der Waals surface area contributed by atoms with E-state index in [1.165, 1.54) is 25.3 Å². The van der Waals surface area contributed by atoms with Crippen LogP contribution in [0.2, 0.25) is 0 Å². The van der Waals surface area contributed by atoms with Crippen LogP contribution >= 0.6 is 0 Å². The molecule has 0 bridgehead atoms. The van der Waals surface area contributed by atoms with E-state index in [2.05, 4.69) is 18.7 Å². The van der Waals surface area contributed by atoms with Gasteiger partial charge in [0.15, 0.2) is 0 Å². The second-order valence-corrected chi connectivity index (χ2v) is 5.83.